The van der Waals surface area contributed by atoms with E-state index in [-0.39, 0.29) is 34.5 Å². The van der Waals surface area contributed by atoms with Crippen LogP contribution in [0.25, 0.3) is 0 Å². The second kappa shape index (κ2) is 5.86. The molecule has 0 bridgehead atoms. The maximum atomic E-state index is 11.7. The number of hydrogen-bond donors (Lipinski definition) is 1. The summed E-state index contributed by atoms with van der Waals surface area (Å²) in [6, 6.07) is 4.10. The van der Waals surface area contributed by atoms with Crippen LogP contribution in [0.2, 0.25) is 0 Å². The molecule has 8 heteroatoms. The zero-order valence-corrected chi connectivity index (χ0v) is 10.4. The fraction of sp³-hybridized carbons (Fsp3) is 0.143. The third-order valence-corrected chi connectivity index (χ3v) is 1.93. The molecule has 15 heavy (non-hydrogen) atoms. The Kier molecular flexibility index (Phi) is 5.82. The van der Waals surface area contributed by atoms with E-state index in [9.17, 15) is 17.4 Å². The summed E-state index contributed by atoms with van der Waals surface area (Å²) in [5, 5.41) is 0. The number of benzene rings is 1. The quantitative estimate of drug-likeness (QED) is 0.549. The van der Waals surface area contributed by atoms with E-state index < -0.39 is 23.2 Å². The predicted molar refractivity (Wildman–Crippen MR) is 42.2 cm³/mol. The van der Waals surface area contributed by atoms with Crippen LogP contribution in [0.1, 0.15) is 0 Å². The van der Waals surface area contributed by atoms with Crippen LogP contribution in [0.4, 0.5) is 13.2 Å². The summed E-state index contributed by atoms with van der Waals surface area (Å²) < 4.78 is 57.6. The van der Waals surface area contributed by atoms with E-state index in [1.54, 1.807) is 0 Å². The van der Waals surface area contributed by atoms with Crippen LogP contribution in [0.3, 0.4) is 0 Å². The Morgan fingerprint density at radius 1 is 1.20 bits per heavy atom. The molecule has 0 aliphatic carbocycles. The first kappa shape index (κ1) is 14.9. The van der Waals surface area contributed by atoms with Crippen molar-refractivity contribution >= 4 is 11.1 Å². The molecule has 0 amide bonds. The first-order valence-corrected chi connectivity index (χ1v) is 4.46. The Morgan fingerprint density at radius 3 is 2.00 bits per heavy atom. The molecule has 0 fully saturated rings. The van der Waals surface area contributed by atoms with E-state index in [1.165, 1.54) is 0 Å². The summed E-state index contributed by atoms with van der Waals surface area (Å²) in [6.45, 7) is 0. The van der Waals surface area contributed by atoms with E-state index in [0.717, 1.165) is 24.3 Å². The summed E-state index contributed by atoms with van der Waals surface area (Å²) in [5.74, 6) is -0.424. The monoisotopic (exact) mass is 249 g/mol. The summed E-state index contributed by atoms with van der Waals surface area (Å²) >= 11 is -2.20. The van der Waals surface area contributed by atoms with Gasteiger partial charge in [0.25, 0.3) is 0 Å². The molecule has 1 atom stereocenters. The maximum absolute atomic E-state index is 11.7. The van der Waals surface area contributed by atoms with Crippen molar-refractivity contribution in [3.05, 3.63) is 24.3 Å². The Balaban J connectivity index is 0.00000196. The molecule has 1 aromatic rings. The van der Waals surface area contributed by atoms with Crippen molar-refractivity contribution in [3.8, 4) is 5.75 Å². The minimum absolute atomic E-state index is 0. The van der Waals surface area contributed by atoms with Crippen molar-refractivity contribution in [1.29, 1.82) is 0 Å². The van der Waals surface area contributed by atoms with Gasteiger partial charge in [-0.1, -0.05) is 0 Å². The number of halogens is 3. The number of hydrogen-bond acceptors (Lipinski definition) is 2. The predicted octanol–water partition coefficient (Wildman–Crippen LogP) is -0.830. The molecule has 0 heterocycles. The van der Waals surface area contributed by atoms with Gasteiger partial charge in [-0.25, -0.2) is 4.21 Å². The zero-order valence-electron chi connectivity index (χ0n) is 7.62. The van der Waals surface area contributed by atoms with Crippen molar-refractivity contribution in [2.75, 3.05) is 0 Å². The molecule has 78 valence electrons. The van der Waals surface area contributed by atoms with Gasteiger partial charge in [0.1, 0.15) is 5.75 Å². The smallest absolute Gasteiger partial charge is 0.406 e. The van der Waals surface area contributed by atoms with Gasteiger partial charge in [-0.2, -0.15) is 0 Å². The van der Waals surface area contributed by atoms with Crippen molar-refractivity contribution < 1.29 is 56.2 Å². The van der Waals surface area contributed by atoms with Gasteiger partial charge in [0.05, 0.1) is 4.90 Å². The summed E-state index contributed by atoms with van der Waals surface area (Å²) in [7, 11) is 0. The van der Waals surface area contributed by atoms with E-state index in [1.807, 2.05) is 0 Å². The summed E-state index contributed by atoms with van der Waals surface area (Å²) in [6.07, 6.45) is -4.75. The second-order valence-electron chi connectivity index (χ2n) is 2.27. The number of rotatable bonds is 2. The molecule has 0 aliphatic rings. The molecule has 1 aromatic carbocycles. The van der Waals surface area contributed by atoms with Crippen LogP contribution in [0.15, 0.2) is 29.2 Å². The second-order valence-corrected chi connectivity index (χ2v) is 3.24. The first-order chi connectivity index (χ1) is 6.38. The standard InChI is InChI=1S/C7H5F3O3S.Na/c8-7(9,10)13-5-1-3-6(4-2-5)14(11)12;/h1-4H,(H,11,12);/q;+1. The molecule has 1 unspecified atom stereocenters. The number of ether oxygens (including phenoxy) is 1. The third kappa shape index (κ3) is 5.53. The van der Waals surface area contributed by atoms with Gasteiger partial charge in [-0.3, -0.25) is 0 Å². The van der Waals surface area contributed by atoms with E-state index in [0.29, 0.717) is 0 Å². The van der Waals surface area contributed by atoms with Crippen LogP contribution < -0.4 is 34.3 Å². The summed E-state index contributed by atoms with van der Waals surface area (Å²) in [4.78, 5) is 0.0134. The fourth-order valence-electron chi connectivity index (χ4n) is 0.758. The molecule has 0 aromatic heterocycles. The molecule has 0 radical (unpaired) electrons. The third-order valence-electron chi connectivity index (χ3n) is 1.26. The van der Waals surface area contributed by atoms with Crippen LogP contribution in [0.5, 0.6) is 5.75 Å². The van der Waals surface area contributed by atoms with Gasteiger partial charge in [-0.05, 0) is 24.3 Å². The molecule has 0 aliphatic heterocycles. The first-order valence-electron chi connectivity index (χ1n) is 3.35. The van der Waals surface area contributed by atoms with Crippen LogP contribution in [0, 0.1) is 0 Å². The Hall–Kier alpha value is -0.0800. The Labute approximate surface area is 108 Å². The Bertz CT molecular complexity index is 338. The van der Waals surface area contributed by atoms with Gasteiger partial charge >= 0.3 is 35.9 Å². The molecular formula is C7H5F3NaO3S+. The van der Waals surface area contributed by atoms with Crippen LogP contribution in [-0.2, 0) is 11.1 Å². The van der Waals surface area contributed by atoms with Gasteiger partial charge in [-0.15, -0.1) is 13.2 Å². The SMILES string of the molecule is O=S(O)c1ccc(OC(F)(F)F)cc1.[Na+]. The topological polar surface area (TPSA) is 46.5 Å². The fourth-order valence-corrected chi connectivity index (χ4v) is 1.13. The van der Waals surface area contributed by atoms with Crippen LogP contribution >= 0.6 is 0 Å². The molecule has 1 rings (SSSR count). The van der Waals surface area contributed by atoms with Gasteiger partial charge < -0.3 is 9.29 Å². The van der Waals surface area contributed by atoms with Crippen molar-refractivity contribution in [2.45, 2.75) is 11.3 Å². The largest absolute Gasteiger partial charge is 1.00 e. The molecule has 1 N–H and O–H groups in total. The Morgan fingerprint density at radius 2 is 1.67 bits per heavy atom. The van der Waals surface area contributed by atoms with Gasteiger partial charge in [0.2, 0.25) is 0 Å². The van der Waals surface area contributed by atoms with Crippen molar-refractivity contribution in [1.82, 2.24) is 0 Å². The average Bonchev–Trinajstić information content (AvgIpc) is 2.02. The normalized spacial score (nSPS) is 12.8. The van der Waals surface area contributed by atoms with E-state index in [2.05, 4.69) is 4.74 Å². The minimum atomic E-state index is -4.75. The van der Waals surface area contributed by atoms with Crippen molar-refractivity contribution in [2.24, 2.45) is 0 Å². The van der Waals surface area contributed by atoms with E-state index in [4.69, 9.17) is 4.55 Å². The van der Waals surface area contributed by atoms with Crippen molar-refractivity contribution in [3.63, 3.8) is 0 Å². The average molecular weight is 249 g/mol. The molecular weight excluding hydrogens is 244 g/mol. The van der Waals surface area contributed by atoms with Crippen LogP contribution in [-0.4, -0.2) is 15.1 Å². The zero-order chi connectivity index (χ0) is 10.8. The minimum Gasteiger partial charge on any atom is -0.406 e. The summed E-state index contributed by atoms with van der Waals surface area (Å²) in [5.41, 5.74) is 0. The molecule has 0 saturated heterocycles. The molecule has 3 nitrogen and oxygen atoms in total. The molecule has 0 saturated carbocycles. The van der Waals surface area contributed by atoms with Gasteiger partial charge in [0.15, 0.2) is 11.1 Å². The van der Waals surface area contributed by atoms with E-state index >= 15 is 0 Å². The number of alkyl halides is 3. The maximum Gasteiger partial charge on any atom is 1.00 e. The molecule has 0 spiro atoms. The van der Waals surface area contributed by atoms with Gasteiger partial charge in [0, 0.05) is 0 Å².